The molecule has 5 nitrogen and oxygen atoms in total. The Morgan fingerprint density at radius 1 is 1.06 bits per heavy atom. The Kier molecular flexibility index (Phi) is 7.00. The minimum absolute atomic E-state index is 0.0365. The molecule has 4 heterocycles. The number of amides is 1. The normalized spacial score (nSPS) is 22.1. The zero-order valence-corrected chi connectivity index (χ0v) is 20.3. The Balaban J connectivity index is 1.56. The van der Waals surface area contributed by atoms with Crippen molar-refractivity contribution < 1.29 is 18.0 Å². The number of carbonyl (C=O) groups excluding carboxylic acids is 1. The van der Waals surface area contributed by atoms with E-state index in [-0.39, 0.29) is 24.4 Å². The molecule has 1 unspecified atom stereocenters. The molecule has 0 saturated carbocycles. The third-order valence-corrected chi connectivity index (χ3v) is 7.34. The molecule has 1 aromatic rings. The summed E-state index contributed by atoms with van der Waals surface area (Å²) in [7, 11) is 0. The number of dihydropyridines is 2. The van der Waals surface area contributed by atoms with Gasteiger partial charge < -0.3 is 5.32 Å². The van der Waals surface area contributed by atoms with Gasteiger partial charge in [-0.25, -0.2) is 4.99 Å². The van der Waals surface area contributed by atoms with Crippen LogP contribution in [-0.2, 0) is 11.3 Å². The van der Waals surface area contributed by atoms with Crippen molar-refractivity contribution >= 4 is 35.4 Å². The molecule has 1 N–H and O–H groups in total. The number of thiophene rings is 1. The topological polar surface area (TPSA) is 66.2 Å². The van der Waals surface area contributed by atoms with E-state index in [1.807, 2.05) is 35.7 Å². The summed E-state index contributed by atoms with van der Waals surface area (Å²) in [5.41, 5.74) is 1.74. The molecule has 1 aromatic heterocycles. The fraction of sp³-hybridized carbons (Fsp3) is 0.333. The fourth-order valence-corrected chi connectivity index (χ4v) is 5.35. The second kappa shape index (κ2) is 10.3. The van der Waals surface area contributed by atoms with E-state index in [0.717, 1.165) is 16.5 Å². The van der Waals surface area contributed by atoms with Crippen molar-refractivity contribution in [3.8, 4) is 0 Å². The van der Waals surface area contributed by atoms with Gasteiger partial charge >= 0.3 is 6.18 Å². The molecular weight excluding hydrogens is 485 g/mol. The highest BCUT2D eigenvalue weighted by molar-refractivity contribution is 7.09. The van der Waals surface area contributed by atoms with Crippen molar-refractivity contribution in [2.75, 3.05) is 13.1 Å². The number of nitrogens with one attached hydrogen (secondary N) is 1. The van der Waals surface area contributed by atoms with E-state index in [1.54, 1.807) is 12.4 Å². The van der Waals surface area contributed by atoms with Crippen molar-refractivity contribution in [1.82, 2.24) is 5.32 Å². The third-order valence-electron chi connectivity index (χ3n) is 6.46. The first-order chi connectivity index (χ1) is 17.4. The molecule has 1 aliphatic carbocycles. The number of nitrogens with zero attached hydrogens (tertiary/aromatic N) is 3. The fourth-order valence-electron chi connectivity index (χ4n) is 4.70. The van der Waals surface area contributed by atoms with Crippen LogP contribution in [-0.4, -0.2) is 43.3 Å². The maximum atomic E-state index is 14.4. The molecule has 9 heteroatoms. The minimum atomic E-state index is -4.62. The smallest absolute Gasteiger partial charge is 0.346 e. The quantitative estimate of drug-likeness (QED) is 0.543. The van der Waals surface area contributed by atoms with Crippen LogP contribution >= 0.6 is 11.3 Å². The van der Waals surface area contributed by atoms with Crippen LogP contribution in [0.2, 0.25) is 0 Å². The number of hydrogen-bond donors (Lipinski definition) is 1. The molecule has 36 heavy (non-hydrogen) atoms. The molecule has 0 spiro atoms. The highest BCUT2D eigenvalue weighted by Gasteiger charge is 2.43. The first kappa shape index (κ1) is 24.4. The molecule has 1 amide bonds. The van der Waals surface area contributed by atoms with E-state index in [4.69, 9.17) is 0 Å². The lowest BCUT2D eigenvalue weighted by molar-refractivity contribution is -0.117. The molecule has 4 aliphatic rings. The van der Waals surface area contributed by atoms with E-state index in [2.05, 4.69) is 20.3 Å². The molecule has 186 valence electrons. The minimum Gasteiger partial charge on any atom is -0.346 e. The van der Waals surface area contributed by atoms with Gasteiger partial charge in [0.25, 0.3) is 5.91 Å². The maximum Gasteiger partial charge on any atom is 0.418 e. The molecule has 1 atom stereocenters. The van der Waals surface area contributed by atoms with Gasteiger partial charge in [0.2, 0.25) is 0 Å². The molecule has 0 radical (unpaired) electrons. The summed E-state index contributed by atoms with van der Waals surface area (Å²) in [6.07, 6.45) is 7.68. The van der Waals surface area contributed by atoms with Crippen LogP contribution < -0.4 is 5.32 Å². The number of hydrogen-bond acceptors (Lipinski definition) is 5. The molecule has 0 fully saturated rings. The molecule has 0 aromatic carbocycles. The summed E-state index contributed by atoms with van der Waals surface area (Å²) < 4.78 is 43.1. The van der Waals surface area contributed by atoms with Crippen LogP contribution in [0.3, 0.4) is 0 Å². The zero-order valence-electron chi connectivity index (χ0n) is 19.5. The summed E-state index contributed by atoms with van der Waals surface area (Å²) in [5.74, 6) is -0.984. The summed E-state index contributed by atoms with van der Waals surface area (Å²) in [4.78, 5) is 27.3. The summed E-state index contributed by atoms with van der Waals surface area (Å²) in [5, 5.41) is 4.75. The van der Waals surface area contributed by atoms with Crippen LogP contribution in [0.1, 0.15) is 30.6 Å². The van der Waals surface area contributed by atoms with E-state index in [9.17, 15) is 18.0 Å². The number of alkyl halides is 3. The van der Waals surface area contributed by atoms with Crippen molar-refractivity contribution in [1.29, 1.82) is 0 Å². The van der Waals surface area contributed by atoms with E-state index < -0.39 is 23.6 Å². The van der Waals surface area contributed by atoms with Gasteiger partial charge in [-0.1, -0.05) is 24.3 Å². The second-order valence-corrected chi connectivity index (χ2v) is 9.94. The number of rotatable bonds is 5. The Bertz CT molecular complexity index is 1290. The third kappa shape index (κ3) is 5.26. The monoisotopic (exact) mass is 510 g/mol. The first-order valence-electron chi connectivity index (χ1n) is 11.9. The van der Waals surface area contributed by atoms with E-state index >= 15 is 0 Å². The number of allylic oxidation sites excluding steroid dienone is 7. The first-order valence-corrected chi connectivity index (χ1v) is 12.8. The molecule has 3 aliphatic heterocycles. The lowest BCUT2D eigenvalue weighted by Gasteiger charge is -2.28. The SMILES string of the molecule is O=C(NCc1cccs1)C1=C(C2=CCCN=C2)CC2CC=C(C3=CCCN=C3)C=C(C(F)(F)F)C2=N1. The summed E-state index contributed by atoms with van der Waals surface area (Å²) in [6, 6.07) is 3.78. The predicted octanol–water partition coefficient (Wildman–Crippen LogP) is 5.70. The largest absolute Gasteiger partial charge is 0.418 e. The zero-order chi connectivity index (χ0) is 25.1. The van der Waals surface area contributed by atoms with Gasteiger partial charge in [0.15, 0.2) is 0 Å². The molecule has 0 saturated heterocycles. The lowest BCUT2D eigenvalue weighted by Crippen LogP contribution is -2.33. The van der Waals surface area contributed by atoms with Gasteiger partial charge in [0, 0.05) is 36.3 Å². The van der Waals surface area contributed by atoms with Crippen molar-refractivity contribution in [3.05, 3.63) is 80.3 Å². The molecular formula is C27H25F3N4OS. The highest BCUT2D eigenvalue weighted by Crippen LogP contribution is 2.41. The van der Waals surface area contributed by atoms with E-state index in [0.29, 0.717) is 49.1 Å². The number of halogens is 3. The summed E-state index contributed by atoms with van der Waals surface area (Å²) in [6.45, 7) is 1.57. The van der Waals surface area contributed by atoms with Crippen LogP contribution in [0, 0.1) is 5.92 Å². The average molecular weight is 511 g/mol. The average Bonchev–Trinajstić information content (AvgIpc) is 3.33. The van der Waals surface area contributed by atoms with Gasteiger partial charge in [-0.3, -0.25) is 14.8 Å². The Hall–Kier alpha value is -3.33. The van der Waals surface area contributed by atoms with Gasteiger partial charge in [0.1, 0.15) is 5.70 Å². The second-order valence-electron chi connectivity index (χ2n) is 8.91. The van der Waals surface area contributed by atoms with Crippen LogP contribution in [0.5, 0.6) is 0 Å². The standard InChI is InChI=1S/C27H25F3N4OS/c28-27(29,30)23-13-17(19-4-1-9-31-14-19)7-8-18-12-22(20-5-2-10-32-15-20)25(34-24(18)23)26(35)33-16-21-6-3-11-36-21/h3-7,11,13-15,18H,1-2,8-10,12,16H2,(H,33,35). The lowest BCUT2D eigenvalue weighted by atomic mass is 9.82. The summed E-state index contributed by atoms with van der Waals surface area (Å²) >= 11 is 1.50. The maximum absolute atomic E-state index is 14.4. The van der Waals surface area contributed by atoms with Crippen molar-refractivity contribution in [2.24, 2.45) is 20.9 Å². The van der Waals surface area contributed by atoms with Gasteiger partial charge in [-0.15, -0.1) is 11.3 Å². The Labute approximate surface area is 211 Å². The van der Waals surface area contributed by atoms with Gasteiger partial charge in [-0.05, 0) is 65.5 Å². The van der Waals surface area contributed by atoms with Gasteiger partial charge in [-0.2, -0.15) is 13.2 Å². The predicted molar refractivity (Wildman–Crippen MR) is 138 cm³/mol. The Morgan fingerprint density at radius 3 is 2.44 bits per heavy atom. The number of aliphatic imine (C=N–C) groups is 3. The molecule has 5 rings (SSSR count). The van der Waals surface area contributed by atoms with Crippen LogP contribution in [0.15, 0.2) is 90.4 Å². The van der Waals surface area contributed by atoms with Crippen LogP contribution in [0.4, 0.5) is 13.2 Å². The highest BCUT2D eigenvalue weighted by atomic mass is 32.1. The van der Waals surface area contributed by atoms with Gasteiger partial charge in [0.05, 0.1) is 17.8 Å². The molecule has 0 bridgehead atoms. The Morgan fingerprint density at radius 2 is 1.81 bits per heavy atom. The van der Waals surface area contributed by atoms with Crippen molar-refractivity contribution in [2.45, 2.75) is 38.4 Å². The number of fused-ring (bicyclic) bond motifs is 1. The van der Waals surface area contributed by atoms with Crippen molar-refractivity contribution in [3.63, 3.8) is 0 Å². The van der Waals surface area contributed by atoms with Crippen LogP contribution in [0.25, 0.3) is 0 Å². The number of carbonyl (C=O) groups is 1. The van der Waals surface area contributed by atoms with E-state index in [1.165, 1.54) is 11.3 Å².